The molecule has 0 aromatic carbocycles. The van der Waals surface area contributed by atoms with Crippen LogP contribution in [0.15, 0.2) is 47.6 Å². The van der Waals surface area contributed by atoms with Gasteiger partial charge in [0.15, 0.2) is 5.78 Å². The summed E-state index contributed by atoms with van der Waals surface area (Å²) in [7, 11) is 3.07. The molecule has 176 valence electrons. The van der Waals surface area contributed by atoms with Gasteiger partial charge in [0.05, 0.1) is 19.3 Å². The number of fused-ring (bicyclic) bond motifs is 3. The van der Waals surface area contributed by atoms with Crippen LogP contribution in [0.3, 0.4) is 0 Å². The fourth-order valence-corrected chi connectivity index (χ4v) is 5.78. The van der Waals surface area contributed by atoms with E-state index in [-0.39, 0.29) is 35.3 Å². The third-order valence-corrected chi connectivity index (χ3v) is 7.39. The van der Waals surface area contributed by atoms with Crippen molar-refractivity contribution in [1.29, 1.82) is 0 Å². The van der Waals surface area contributed by atoms with E-state index in [0.717, 1.165) is 37.1 Å². The molecule has 0 bridgehead atoms. The number of esters is 1. The first-order chi connectivity index (χ1) is 15.4. The van der Waals surface area contributed by atoms with Crippen molar-refractivity contribution in [1.82, 2.24) is 5.32 Å². The van der Waals surface area contributed by atoms with Gasteiger partial charge in [-0.2, -0.15) is 0 Å². The lowest BCUT2D eigenvalue weighted by Crippen LogP contribution is -2.51. The Kier molecular flexibility index (Phi) is 8.26. The maximum atomic E-state index is 13.1. The highest BCUT2D eigenvalue weighted by molar-refractivity contribution is 5.87. The fourth-order valence-electron chi connectivity index (χ4n) is 5.78. The van der Waals surface area contributed by atoms with Gasteiger partial charge < -0.3 is 19.5 Å². The number of methoxy groups -OCH3 is 2. The molecule has 4 unspecified atom stereocenters. The Morgan fingerprint density at radius 2 is 2.16 bits per heavy atom. The van der Waals surface area contributed by atoms with Crippen LogP contribution >= 0.6 is 0 Å². The second-order valence-electron chi connectivity index (χ2n) is 8.87. The lowest BCUT2D eigenvalue weighted by Gasteiger charge is -2.45. The predicted octanol–water partition coefficient (Wildman–Crippen LogP) is 3.69. The van der Waals surface area contributed by atoms with Gasteiger partial charge in [0.25, 0.3) is 0 Å². The van der Waals surface area contributed by atoms with Gasteiger partial charge in [0, 0.05) is 31.9 Å². The number of carbonyl (C=O) groups excluding carboxylic acids is 2. The summed E-state index contributed by atoms with van der Waals surface area (Å²) in [5.41, 5.74) is 2.98. The van der Waals surface area contributed by atoms with Crippen molar-refractivity contribution < 1.29 is 23.8 Å². The Hall–Kier alpha value is -2.02. The molecule has 0 spiro atoms. The lowest BCUT2D eigenvalue weighted by atomic mass is 9.58. The first-order valence-electron chi connectivity index (χ1n) is 11.6. The second kappa shape index (κ2) is 10.7. The SMILES string of the molecule is C=CCNCC1CCC(=O)C2OC3C=CC(OC)/C=C(CCC(=O)OC)\C(C)=C/3[C@@]12CC. The van der Waals surface area contributed by atoms with Gasteiger partial charge in [0.1, 0.15) is 6.10 Å². The smallest absolute Gasteiger partial charge is 0.305 e. The number of allylic oxidation sites excluding steroid dienone is 2. The summed E-state index contributed by atoms with van der Waals surface area (Å²) in [5.74, 6) is 0.227. The van der Waals surface area contributed by atoms with Crippen LogP contribution in [-0.2, 0) is 23.8 Å². The summed E-state index contributed by atoms with van der Waals surface area (Å²) >= 11 is 0. The summed E-state index contributed by atoms with van der Waals surface area (Å²) in [6.07, 6.45) is 10.1. The van der Waals surface area contributed by atoms with E-state index in [4.69, 9.17) is 14.2 Å². The van der Waals surface area contributed by atoms with Crippen molar-refractivity contribution in [3.63, 3.8) is 0 Å². The average Bonchev–Trinajstić information content (AvgIpc) is 3.14. The van der Waals surface area contributed by atoms with Crippen LogP contribution in [0.4, 0.5) is 0 Å². The zero-order chi connectivity index (χ0) is 23.3. The van der Waals surface area contributed by atoms with E-state index >= 15 is 0 Å². The van der Waals surface area contributed by atoms with E-state index in [0.29, 0.717) is 19.3 Å². The quantitative estimate of drug-likeness (QED) is 0.333. The van der Waals surface area contributed by atoms with Gasteiger partial charge in [-0.25, -0.2) is 0 Å². The van der Waals surface area contributed by atoms with Crippen LogP contribution in [0.25, 0.3) is 0 Å². The normalized spacial score (nSPS) is 35.9. The third-order valence-electron chi connectivity index (χ3n) is 7.39. The minimum absolute atomic E-state index is 0.190. The molecule has 3 aliphatic rings. The number of ketones is 1. The number of ether oxygens (including phenoxy) is 3. The third kappa shape index (κ3) is 4.54. The highest BCUT2D eigenvalue weighted by atomic mass is 16.5. The van der Waals surface area contributed by atoms with Gasteiger partial charge in [0.2, 0.25) is 0 Å². The molecule has 1 saturated heterocycles. The zero-order valence-corrected chi connectivity index (χ0v) is 19.8. The minimum Gasteiger partial charge on any atom is -0.469 e. The van der Waals surface area contributed by atoms with Gasteiger partial charge in [-0.3, -0.25) is 9.59 Å². The van der Waals surface area contributed by atoms with Gasteiger partial charge in [-0.15, -0.1) is 6.58 Å². The van der Waals surface area contributed by atoms with Crippen molar-refractivity contribution in [2.45, 2.75) is 64.3 Å². The highest BCUT2D eigenvalue weighted by Crippen LogP contribution is 2.57. The van der Waals surface area contributed by atoms with Gasteiger partial charge in [-0.05, 0) is 61.4 Å². The first kappa shape index (κ1) is 24.6. The van der Waals surface area contributed by atoms with Crippen molar-refractivity contribution >= 4 is 11.8 Å². The summed E-state index contributed by atoms with van der Waals surface area (Å²) in [5, 5.41) is 3.48. The van der Waals surface area contributed by atoms with Crippen LogP contribution in [0.2, 0.25) is 0 Å². The number of rotatable bonds is 9. The van der Waals surface area contributed by atoms with E-state index < -0.39 is 6.10 Å². The summed E-state index contributed by atoms with van der Waals surface area (Å²) < 4.78 is 17.0. The fraction of sp³-hybridized carbons (Fsp3) is 0.615. The van der Waals surface area contributed by atoms with E-state index in [1.54, 1.807) is 7.11 Å². The number of Topliss-reactive ketones (excluding diaryl/α,β-unsaturated/α-hetero) is 1. The predicted molar refractivity (Wildman–Crippen MR) is 124 cm³/mol. The van der Waals surface area contributed by atoms with Crippen LogP contribution in [0.1, 0.15) is 46.0 Å². The molecule has 3 rings (SSSR count). The van der Waals surface area contributed by atoms with Crippen LogP contribution < -0.4 is 5.32 Å². The largest absolute Gasteiger partial charge is 0.469 e. The topological polar surface area (TPSA) is 73.9 Å². The molecule has 1 heterocycles. The molecule has 0 amide bonds. The molecule has 0 aromatic heterocycles. The van der Waals surface area contributed by atoms with E-state index in [1.807, 2.05) is 18.2 Å². The van der Waals surface area contributed by atoms with Crippen molar-refractivity contribution in [2.75, 3.05) is 27.3 Å². The summed E-state index contributed by atoms with van der Waals surface area (Å²) in [4.78, 5) is 25.0. The van der Waals surface area contributed by atoms with Gasteiger partial charge >= 0.3 is 5.97 Å². The molecule has 1 aliphatic heterocycles. The molecule has 1 saturated carbocycles. The molecule has 2 aliphatic carbocycles. The Morgan fingerprint density at radius 1 is 1.38 bits per heavy atom. The monoisotopic (exact) mass is 443 g/mol. The molecule has 0 aromatic rings. The lowest BCUT2D eigenvalue weighted by molar-refractivity contribution is -0.141. The van der Waals surface area contributed by atoms with Crippen LogP contribution in [0, 0.1) is 11.3 Å². The molecule has 6 heteroatoms. The second-order valence-corrected chi connectivity index (χ2v) is 8.87. The van der Waals surface area contributed by atoms with Gasteiger partial charge in [-0.1, -0.05) is 25.2 Å². The van der Waals surface area contributed by atoms with Crippen LogP contribution in [0.5, 0.6) is 0 Å². The average molecular weight is 444 g/mol. The van der Waals surface area contributed by atoms with Crippen molar-refractivity contribution in [3.05, 3.63) is 47.6 Å². The standard InChI is InChI=1S/C26H37NO5/c1-6-14-27-16-19-9-11-21(28)25-26(19,7-2)24-17(3)18(8-13-23(29)31-5)15-20(30-4)10-12-22(24)32-25/h6,10,12,15,19-20,22,25,27H,1,7-9,11,13-14,16H2,2-5H3/b12-10?,18-15-,24-17+/t19?,20?,22?,25?,26-/m1/s1. The Morgan fingerprint density at radius 3 is 2.81 bits per heavy atom. The summed E-state index contributed by atoms with van der Waals surface area (Å²) in [6, 6.07) is 0. The molecule has 1 N–H and O–H groups in total. The molecular formula is C26H37NO5. The zero-order valence-electron chi connectivity index (χ0n) is 19.8. The Bertz CT molecular complexity index is 826. The van der Waals surface area contributed by atoms with Crippen molar-refractivity contribution in [3.8, 4) is 0 Å². The van der Waals surface area contributed by atoms with E-state index in [2.05, 4.69) is 31.8 Å². The Labute approximate surface area is 191 Å². The molecule has 6 nitrogen and oxygen atoms in total. The van der Waals surface area contributed by atoms with E-state index in [1.165, 1.54) is 12.7 Å². The Balaban J connectivity index is 2.11. The molecule has 0 radical (unpaired) electrons. The number of hydrogen-bond donors (Lipinski definition) is 1. The van der Waals surface area contributed by atoms with Crippen LogP contribution in [-0.4, -0.2) is 57.4 Å². The minimum atomic E-state index is -0.447. The van der Waals surface area contributed by atoms with E-state index in [9.17, 15) is 9.59 Å². The molecule has 5 atom stereocenters. The molecule has 32 heavy (non-hydrogen) atoms. The number of carbonyl (C=O) groups is 2. The number of hydrogen-bond acceptors (Lipinski definition) is 6. The molecule has 2 fully saturated rings. The maximum Gasteiger partial charge on any atom is 0.305 e. The highest BCUT2D eigenvalue weighted by Gasteiger charge is 2.60. The van der Waals surface area contributed by atoms with Crippen molar-refractivity contribution in [2.24, 2.45) is 11.3 Å². The maximum absolute atomic E-state index is 13.1. The first-order valence-corrected chi connectivity index (χ1v) is 11.6. The summed E-state index contributed by atoms with van der Waals surface area (Å²) in [6.45, 7) is 9.62. The number of nitrogens with one attached hydrogen (secondary N) is 1. The molecular weight excluding hydrogens is 406 g/mol.